The van der Waals surface area contributed by atoms with Crippen LogP contribution < -0.4 is 10.9 Å². The largest absolute Gasteiger partial charge is 0.425 e. The highest BCUT2D eigenvalue weighted by Gasteiger charge is 2.25. The first kappa shape index (κ1) is 17.3. The molecule has 1 atom stereocenters. The third kappa shape index (κ3) is 4.28. The minimum absolute atomic E-state index is 0.0208. The summed E-state index contributed by atoms with van der Waals surface area (Å²) in [4.78, 5) is 2.45. The van der Waals surface area contributed by atoms with Crippen molar-refractivity contribution in [3.05, 3.63) is 60.2 Å². The summed E-state index contributed by atoms with van der Waals surface area (Å²) >= 11 is 0. The molecule has 2 aromatic carbocycles. The molecule has 3 rings (SSSR count). The number of hydrogen-bond donors (Lipinski definition) is 0. The van der Waals surface area contributed by atoms with Crippen LogP contribution >= 0.6 is 0 Å². The molecule has 2 nitrogen and oxygen atoms in total. The van der Waals surface area contributed by atoms with Gasteiger partial charge in [-0.05, 0) is 49.3 Å². The van der Waals surface area contributed by atoms with Gasteiger partial charge in [-0.2, -0.15) is 0 Å². The SMILES string of the molecule is CCc1ccc(B(OCC2CCCCN2C)c2ccccc2)cc1. The minimum Gasteiger partial charge on any atom is -0.425 e. The Kier molecular flexibility index (Phi) is 6.11. The number of rotatable bonds is 6. The Balaban J connectivity index is 1.77. The average Bonchev–Trinajstić information content (AvgIpc) is 2.65. The number of likely N-dealkylation sites (N-methyl/N-ethyl adjacent to an activating group) is 1. The third-order valence-corrected chi connectivity index (χ3v) is 5.17. The Bertz CT molecular complexity index is 613. The quantitative estimate of drug-likeness (QED) is 0.759. The third-order valence-electron chi connectivity index (χ3n) is 5.17. The highest BCUT2D eigenvalue weighted by atomic mass is 16.4. The number of piperidine rings is 1. The van der Waals surface area contributed by atoms with Crippen molar-refractivity contribution in [2.75, 3.05) is 20.2 Å². The van der Waals surface area contributed by atoms with E-state index >= 15 is 0 Å². The minimum atomic E-state index is 0.0208. The average molecular weight is 321 g/mol. The van der Waals surface area contributed by atoms with Crippen molar-refractivity contribution in [1.29, 1.82) is 0 Å². The van der Waals surface area contributed by atoms with E-state index in [1.165, 1.54) is 42.3 Å². The Morgan fingerprint density at radius 1 is 1.00 bits per heavy atom. The van der Waals surface area contributed by atoms with E-state index in [4.69, 9.17) is 4.65 Å². The van der Waals surface area contributed by atoms with Gasteiger partial charge in [0.25, 0.3) is 0 Å². The Labute approximate surface area is 146 Å². The van der Waals surface area contributed by atoms with E-state index in [-0.39, 0.29) is 6.92 Å². The molecule has 1 heterocycles. The predicted molar refractivity (Wildman–Crippen MR) is 104 cm³/mol. The molecular weight excluding hydrogens is 293 g/mol. The summed E-state index contributed by atoms with van der Waals surface area (Å²) in [5, 5.41) is 0. The maximum atomic E-state index is 6.46. The van der Waals surface area contributed by atoms with Gasteiger partial charge < -0.3 is 9.55 Å². The maximum Gasteiger partial charge on any atom is 0.361 e. The number of nitrogens with zero attached hydrogens (tertiary/aromatic N) is 1. The van der Waals surface area contributed by atoms with Crippen LogP contribution in [0.15, 0.2) is 54.6 Å². The molecule has 0 aromatic heterocycles. The van der Waals surface area contributed by atoms with Crippen molar-refractivity contribution >= 4 is 17.8 Å². The van der Waals surface area contributed by atoms with Gasteiger partial charge in [0, 0.05) is 12.6 Å². The second kappa shape index (κ2) is 8.50. The van der Waals surface area contributed by atoms with E-state index < -0.39 is 0 Å². The smallest absolute Gasteiger partial charge is 0.361 e. The lowest BCUT2D eigenvalue weighted by atomic mass is 9.55. The first-order chi connectivity index (χ1) is 11.8. The normalized spacial score (nSPS) is 18.5. The van der Waals surface area contributed by atoms with E-state index in [9.17, 15) is 0 Å². The van der Waals surface area contributed by atoms with Crippen LogP contribution in [0.3, 0.4) is 0 Å². The molecule has 1 aliphatic heterocycles. The maximum absolute atomic E-state index is 6.46. The summed E-state index contributed by atoms with van der Waals surface area (Å²) in [7, 11) is 2.22. The van der Waals surface area contributed by atoms with E-state index in [0.29, 0.717) is 6.04 Å². The van der Waals surface area contributed by atoms with Crippen LogP contribution in [0.25, 0.3) is 0 Å². The molecule has 1 fully saturated rings. The lowest BCUT2D eigenvalue weighted by Crippen LogP contribution is -2.48. The van der Waals surface area contributed by atoms with Gasteiger partial charge >= 0.3 is 6.92 Å². The van der Waals surface area contributed by atoms with E-state index in [0.717, 1.165) is 13.0 Å². The van der Waals surface area contributed by atoms with Crippen molar-refractivity contribution in [2.45, 2.75) is 38.6 Å². The number of likely N-dealkylation sites (tertiary alicyclic amines) is 1. The zero-order valence-corrected chi connectivity index (χ0v) is 14.9. The van der Waals surface area contributed by atoms with Gasteiger partial charge in [0.1, 0.15) is 0 Å². The summed E-state index contributed by atoms with van der Waals surface area (Å²) < 4.78 is 6.46. The lowest BCUT2D eigenvalue weighted by Gasteiger charge is -2.33. The van der Waals surface area contributed by atoms with Crippen LogP contribution in [0.4, 0.5) is 0 Å². The Morgan fingerprint density at radius 3 is 2.38 bits per heavy atom. The first-order valence-electron chi connectivity index (χ1n) is 9.23. The molecular formula is C21H28BNO. The Morgan fingerprint density at radius 2 is 1.71 bits per heavy atom. The molecule has 1 aliphatic rings. The van der Waals surface area contributed by atoms with Crippen LogP contribution in [0, 0.1) is 0 Å². The second-order valence-electron chi connectivity index (χ2n) is 6.85. The van der Waals surface area contributed by atoms with Gasteiger partial charge in [-0.3, -0.25) is 0 Å². The van der Waals surface area contributed by atoms with Crippen LogP contribution in [0.5, 0.6) is 0 Å². The van der Waals surface area contributed by atoms with Gasteiger partial charge in [-0.1, -0.05) is 67.9 Å². The van der Waals surface area contributed by atoms with Crippen LogP contribution in [-0.4, -0.2) is 38.1 Å². The summed E-state index contributed by atoms with van der Waals surface area (Å²) in [5.41, 5.74) is 3.86. The fourth-order valence-electron chi connectivity index (χ4n) is 3.50. The number of hydrogen-bond acceptors (Lipinski definition) is 2. The molecule has 0 bridgehead atoms. The molecule has 3 heteroatoms. The van der Waals surface area contributed by atoms with E-state index in [1.54, 1.807) is 0 Å². The molecule has 24 heavy (non-hydrogen) atoms. The fourth-order valence-corrected chi connectivity index (χ4v) is 3.50. The van der Waals surface area contributed by atoms with Gasteiger partial charge in [-0.15, -0.1) is 0 Å². The van der Waals surface area contributed by atoms with Crippen molar-refractivity contribution in [3.63, 3.8) is 0 Å². The van der Waals surface area contributed by atoms with Gasteiger partial charge in [0.2, 0.25) is 0 Å². The molecule has 0 amide bonds. The van der Waals surface area contributed by atoms with Crippen LogP contribution in [0.1, 0.15) is 31.7 Å². The highest BCUT2D eigenvalue weighted by Crippen LogP contribution is 2.15. The number of aryl methyl sites for hydroxylation is 1. The fraction of sp³-hybridized carbons (Fsp3) is 0.429. The van der Waals surface area contributed by atoms with Gasteiger partial charge in [-0.25, -0.2) is 0 Å². The molecule has 0 N–H and O–H groups in total. The summed E-state index contributed by atoms with van der Waals surface area (Å²) in [5.74, 6) is 0. The standard InChI is InChI=1S/C21H28BNO/c1-3-18-12-14-20(15-13-18)22(19-9-5-4-6-10-19)24-17-21-11-7-8-16-23(21)2/h4-6,9-10,12-15,21H,3,7-8,11,16-17H2,1-2H3. The van der Waals surface area contributed by atoms with Crippen molar-refractivity contribution < 1.29 is 4.65 Å². The summed E-state index contributed by atoms with van der Waals surface area (Å²) in [6, 6.07) is 20.0. The topological polar surface area (TPSA) is 12.5 Å². The predicted octanol–water partition coefficient (Wildman–Crippen LogP) is 2.86. The zero-order valence-electron chi connectivity index (χ0n) is 14.9. The highest BCUT2D eigenvalue weighted by molar-refractivity contribution is 6.80. The van der Waals surface area contributed by atoms with Crippen molar-refractivity contribution in [1.82, 2.24) is 4.90 Å². The van der Waals surface area contributed by atoms with Gasteiger partial charge in [0.15, 0.2) is 0 Å². The zero-order chi connectivity index (χ0) is 16.8. The second-order valence-corrected chi connectivity index (χ2v) is 6.85. The van der Waals surface area contributed by atoms with Crippen LogP contribution in [-0.2, 0) is 11.1 Å². The van der Waals surface area contributed by atoms with Crippen molar-refractivity contribution in [2.24, 2.45) is 0 Å². The lowest BCUT2D eigenvalue weighted by molar-refractivity contribution is 0.127. The van der Waals surface area contributed by atoms with Crippen LogP contribution in [0.2, 0.25) is 0 Å². The van der Waals surface area contributed by atoms with Gasteiger partial charge in [0.05, 0.1) is 0 Å². The molecule has 126 valence electrons. The number of benzene rings is 2. The van der Waals surface area contributed by atoms with E-state index in [2.05, 4.69) is 73.5 Å². The molecule has 0 radical (unpaired) electrons. The summed E-state index contributed by atoms with van der Waals surface area (Å²) in [6.45, 7) is 4.20. The molecule has 0 saturated carbocycles. The first-order valence-corrected chi connectivity index (χ1v) is 9.23. The monoisotopic (exact) mass is 321 g/mol. The summed E-state index contributed by atoms with van der Waals surface area (Å²) in [6.07, 6.45) is 4.95. The molecule has 1 unspecified atom stereocenters. The molecule has 2 aromatic rings. The van der Waals surface area contributed by atoms with Crippen molar-refractivity contribution in [3.8, 4) is 0 Å². The molecule has 0 aliphatic carbocycles. The Hall–Kier alpha value is -1.58. The van der Waals surface area contributed by atoms with E-state index in [1.807, 2.05) is 0 Å². The molecule has 0 spiro atoms. The molecule has 1 saturated heterocycles.